The van der Waals surface area contributed by atoms with Gasteiger partial charge < -0.3 is 24.8 Å². The van der Waals surface area contributed by atoms with Gasteiger partial charge in [0.05, 0.1) is 31.1 Å². The Hall–Kier alpha value is -3.66. The number of rotatable bonds is 13. The van der Waals surface area contributed by atoms with Gasteiger partial charge in [0.2, 0.25) is 11.1 Å². The molecule has 39 heavy (non-hydrogen) atoms. The number of ether oxygens (including phenoxy) is 3. The molecular formula is C29H37N5O4S. The smallest absolute Gasteiger partial charge is 0.255 e. The van der Waals surface area contributed by atoms with Crippen LogP contribution >= 0.6 is 11.8 Å². The number of nitrogens with one attached hydrogen (secondary N) is 2. The lowest BCUT2D eigenvalue weighted by atomic mass is 9.94. The topological polar surface area (TPSA) is 99.5 Å². The van der Waals surface area contributed by atoms with Crippen LogP contribution in [-0.4, -0.2) is 46.2 Å². The maximum atomic E-state index is 13.9. The first kappa shape index (κ1) is 28.4. The zero-order valence-corrected chi connectivity index (χ0v) is 24.1. The average molecular weight is 552 g/mol. The number of hydrogen-bond donors (Lipinski definition) is 2. The SMILES string of the molecule is CCCOc1ccc(C2C(C(=O)Nc3ccccc3OCC)=C(C)Nc3nc(SCCC)nn32)cc1OCC. The van der Waals surface area contributed by atoms with E-state index in [4.69, 9.17) is 24.3 Å². The standard InChI is InChI=1S/C29H37N5O4S/c1-6-16-38-23-15-14-20(18-24(23)37-9-4)26-25(27(35)31-21-12-10-11-13-22(21)36-8-3)19(5)30-28-32-29(33-34(26)28)39-17-7-2/h10-15,18,26H,6-9,16-17H2,1-5H3,(H,31,35)(H,30,32,33). The number of para-hydroxylation sites is 2. The van der Waals surface area contributed by atoms with Crippen LogP contribution in [0.15, 0.2) is 58.9 Å². The molecule has 1 aliphatic rings. The molecule has 2 heterocycles. The van der Waals surface area contributed by atoms with Crippen LogP contribution < -0.4 is 24.8 Å². The van der Waals surface area contributed by atoms with E-state index in [9.17, 15) is 4.79 Å². The predicted octanol–water partition coefficient (Wildman–Crippen LogP) is 6.29. The molecule has 0 saturated heterocycles. The molecule has 0 saturated carbocycles. The summed E-state index contributed by atoms with van der Waals surface area (Å²) in [5.41, 5.74) is 2.66. The minimum absolute atomic E-state index is 0.259. The molecule has 0 aliphatic carbocycles. The molecular weight excluding hydrogens is 514 g/mol. The molecule has 2 aromatic carbocycles. The second kappa shape index (κ2) is 13.4. The second-order valence-electron chi connectivity index (χ2n) is 8.95. The van der Waals surface area contributed by atoms with Crippen molar-refractivity contribution in [2.75, 3.05) is 36.2 Å². The highest BCUT2D eigenvalue weighted by atomic mass is 32.2. The fourth-order valence-corrected chi connectivity index (χ4v) is 5.01. The van der Waals surface area contributed by atoms with Gasteiger partial charge in [-0.2, -0.15) is 4.98 Å². The highest BCUT2D eigenvalue weighted by molar-refractivity contribution is 7.99. The third-order valence-corrected chi connectivity index (χ3v) is 7.04. The summed E-state index contributed by atoms with van der Waals surface area (Å²) in [5, 5.41) is 11.8. The van der Waals surface area contributed by atoms with Gasteiger partial charge in [-0.15, -0.1) is 5.10 Å². The van der Waals surface area contributed by atoms with Gasteiger partial charge in [0.25, 0.3) is 5.91 Å². The van der Waals surface area contributed by atoms with E-state index in [0.717, 1.165) is 24.2 Å². The molecule has 2 N–H and O–H groups in total. The first-order chi connectivity index (χ1) is 19.0. The summed E-state index contributed by atoms with van der Waals surface area (Å²) in [5.74, 6) is 3.15. The summed E-state index contributed by atoms with van der Waals surface area (Å²) in [6.45, 7) is 11.5. The van der Waals surface area contributed by atoms with Crippen molar-refractivity contribution < 1.29 is 19.0 Å². The number of fused-ring (bicyclic) bond motifs is 1. The second-order valence-corrected chi connectivity index (χ2v) is 10.0. The molecule has 1 aromatic heterocycles. The molecule has 1 atom stereocenters. The van der Waals surface area contributed by atoms with E-state index in [-0.39, 0.29) is 5.91 Å². The summed E-state index contributed by atoms with van der Waals surface area (Å²) in [4.78, 5) is 18.6. The van der Waals surface area contributed by atoms with Crippen molar-refractivity contribution >= 4 is 29.3 Å². The molecule has 4 rings (SSSR count). The number of carbonyl (C=O) groups excluding carboxylic acids is 1. The van der Waals surface area contributed by atoms with Gasteiger partial charge in [-0.1, -0.05) is 43.8 Å². The zero-order valence-electron chi connectivity index (χ0n) is 23.2. The molecule has 0 fully saturated rings. The molecule has 1 amide bonds. The maximum absolute atomic E-state index is 13.9. The van der Waals surface area contributed by atoms with Crippen LogP contribution in [0.3, 0.4) is 0 Å². The molecule has 0 spiro atoms. The summed E-state index contributed by atoms with van der Waals surface area (Å²) in [7, 11) is 0. The number of anilines is 2. The largest absolute Gasteiger partial charge is 0.492 e. The van der Waals surface area contributed by atoms with E-state index >= 15 is 0 Å². The Balaban J connectivity index is 1.78. The summed E-state index contributed by atoms with van der Waals surface area (Å²) in [6.07, 6.45) is 1.89. The van der Waals surface area contributed by atoms with Gasteiger partial charge in [0.1, 0.15) is 11.8 Å². The van der Waals surface area contributed by atoms with Crippen LogP contribution in [0.1, 0.15) is 59.1 Å². The first-order valence-corrected chi connectivity index (χ1v) is 14.5. The van der Waals surface area contributed by atoms with Gasteiger partial charge in [0, 0.05) is 11.4 Å². The van der Waals surface area contributed by atoms with Gasteiger partial charge in [-0.3, -0.25) is 4.79 Å². The molecule has 3 aromatic rings. The van der Waals surface area contributed by atoms with Gasteiger partial charge in [-0.25, -0.2) is 4.68 Å². The molecule has 0 bridgehead atoms. The predicted molar refractivity (Wildman–Crippen MR) is 155 cm³/mol. The summed E-state index contributed by atoms with van der Waals surface area (Å²) >= 11 is 1.59. The van der Waals surface area contributed by atoms with Gasteiger partial charge in [0.15, 0.2) is 11.5 Å². The van der Waals surface area contributed by atoms with Crippen LogP contribution in [0.4, 0.5) is 11.6 Å². The average Bonchev–Trinajstić information content (AvgIpc) is 3.34. The minimum atomic E-state index is -0.539. The van der Waals surface area contributed by atoms with E-state index in [1.54, 1.807) is 16.4 Å². The van der Waals surface area contributed by atoms with Crippen molar-refractivity contribution in [1.82, 2.24) is 14.8 Å². The molecule has 1 unspecified atom stereocenters. The normalized spacial score (nSPS) is 14.4. The van der Waals surface area contributed by atoms with E-state index in [0.29, 0.717) is 65.1 Å². The molecule has 1 aliphatic heterocycles. The van der Waals surface area contributed by atoms with Crippen molar-refractivity contribution in [3.05, 3.63) is 59.3 Å². The number of benzene rings is 2. The summed E-state index contributed by atoms with van der Waals surface area (Å²) < 4.78 is 19.4. The van der Waals surface area contributed by atoms with Crippen molar-refractivity contribution in [3.63, 3.8) is 0 Å². The Morgan fingerprint density at radius 3 is 2.51 bits per heavy atom. The third-order valence-electron chi connectivity index (χ3n) is 5.99. The van der Waals surface area contributed by atoms with Crippen molar-refractivity contribution in [1.29, 1.82) is 0 Å². The fraction of sp³-hybridized carbons (Fsp3) is 0.414. The van der Waals surface area contributed by atoms with Crippen molar-refractivity contribution in [2.45, 2.75) is 58.7 Å². The highest BCUT2D eigenvalue weighted by Gasteiger charge is 2.35. The van der Waals surface area contributed by atoms with Crippen LogP contribution in [-0.2, 0) is 4.79 Å². The molecule has 10 heteroatoms. The fourth-order valence-electron chi connectivity index (χ4n) is 4.32. The van der Waals surface area contributed by atoms with Crippen molar-refractivity contribution in [2.24, 2.45) is 0 Å². The quantitative estimate of drug-likeness (QED) is 0.239. The Morgan fingerprint density at radius 1 is 1.00 bits per heavy atom. The first-order valence-electron chi connectivity index (χ1n) is 13.5. The van der Waals surface area contributed by atoms with Crippen LogP contribution in [0.2, 0.25) is 0 Å². The molecule has 9 nitrogen and oxygen atoms in total. The van der Waals surface area contributed by atoms with E-state index in [2.05, 4.69) is 24.5 Å². The third kappa shape index (κ3) is 6.50. The van der Waals surface area contributed by atoms with Crippen molar-refractivity contribution in [3.8, 4) is 17.2 Å². The number of allylic oxidation sites excluding steroid dienone is 1. The Labute approximate surface area is 234 Å². The minimum Gasteiger partial charge on any atom is -0.492 e. The lowest BCUT2D eigenvalue weighted by molar-refractivity contribution is -0.113. The monoisotopic (exact) mass is 551 g/mol. The highest BCUT2D eigenvalue weighted by Crippen LogP contribution is 2.40. The van der Waals surface area contributed by atoms with Crippen LogP contribution in [0.5, 0.6) is 17.2 Å². The maximum Gasteiger partial charge on any atom is 0.255 e. The number of thioether (sulfide) groups is 1. The zero-order chi connectivity index (χ0) is 27.8. The van der Waals surface area contributed by atoms with Crippen LogP contribution in [0, 0.1) is 0 Å². The number of hydrogen-bond acceptors (Lipinski definition) is 8. The molecule has 208 valence electrons. The Bertz CT molecular complexity index is 1320. The van der Waals surface area contributed by atoms with Gasteiger partial charge in [-0.05, 0) is 63.4 Å². The number of nitrogens with zero attached hydrogens (tertiary/aromatic N) is 3. The number of carbonyl (C=O) groups is 1. The molecule has 0 radical (unpaired) electrons. The lowest BCUT2D eigenvalue weighted by Crippen LogP contribution is -2.31. The Morgan fingerprint density at radius 2 is 1.77 bits per heavy atom. The van der Waals surface area contributed by atoms with Gasteiger partial charge >= 0.3 is 0 Å². The number of aromatic nitrogens is 3. The summed E-state index contributed by atoms with van der Waals surface area (Å²) in [6, 6.07) is 12.7. The van der Waals surface area contributed by atoms with Crippen LogP contribution in [0.25, 0.3) is 0 Å². The van der Waals surface area contributed by atoms with E-state index in [1.165, 1.54) is 0 Å². The number of amides is 1. The Kier molecular flexibility index (Phi) is 9.75. The van der Waals surface area contributed by atoms with E-state index < -0.39 is 6.04 Å². The lowest BCUT2D eigenvalue weighted by Gasteiger charge is -2.29. The van der Waals surface area contributed by atoms with E-state index in [1.807, 2.05) is 63.2 Å².